The number of benzene rings is 1. The second kappa shape index (κ2) is 5.57. The van der Waals surface area contributed by atoms with Crippen LogP contribution in [-0.2, 0) is 15.6 Å². The summed E-state index contributed by atoms with van der Waals surface area (Å²) < 4.78 is 6.17. The molecule has 1 spiro atoms. The largest absolute Gasteiger partial charge is 0.488 e. The van der Waals surface area contributed by atoms with Crippen LogP contribution in [0.3, 0.4) is 0 Å². The van der Waals surface area contributed by atoms with E-state index in [-0.39, 0.29) is 28.3 Å². The number of ether oxygens (including phenoxy) is 1. The number of pyridine rings is 1. The summed E-state index contributed by atoms with van der Waals surface area (Å²) in [7, 11) is 0. The summed E-state index contributed by atoms with van der Waals surface area (Å²) >= 11 is 0. The number of nitrogens with zero attached hydrogens (tertiary/aromatic N) is 1. The molecule has 140 valence electrons. The average molecular weight is 362 g/mol. The Labute approximate surface area is 160 Å². The fraction of sp³-hybridized carbons (Fsp3) is 0.478. The van der Waals surface area contributed by atoms with E-state index in [9.17, 15) is 4.79 Å². The van der Waals surface area contributed by atoms with Gasteiger partial charge in [0.25, 0.3) is 0 Å². The number of fused-ring (bicyclic) bond motifs is 2. The predicted molar refractivity (Wildman–Crippen MR) is 104 cm³/mol. The standard InChI is InChI=1S/C23H26N2O2/c1-21(2)14-23(16-7-3-4-8-18(16)27-21)13-17(23)20(26)25-15-22(10-11-22)19-9-5-6-12-24-19/h3-9,12,17H,10-11,13-15H2,1-2H3,(H,25,26)/t17-,23+/m1/s1. The second-order valence-corrected chi connectivity index (χ2v) is 9.16. The fourth-order valence-electron chi connectivity index (χ4n) is 5.03. The predicted octanol–water partition coefficient (Wildman–Crippen LogP) is 3.75. The van der Waals surface area contributed by atoms with Crippen molar-refractivity contribution in [1.82, 2.24) is 10.3 Å². The third kappa shape index (κ3) is 2.73. The third-order valence-electron chi connectivity index (χ3n) is 6.61. The van der Waals surface area contributed by atoms with E-state index in [4.69, 9.17) is 4.74 Å². The Morgan fingerprint density at radius 1 is 1.19 bits per heavy atom. The maximum absolute atomic E-state index is 13.0. The number of carbonyl (C=O) groups excluding carboxylic acids is 1. The number of hydrogen-bond donors (Lipinski definition) is 1. The van der Waals surface area contributed by atoms with Crippen molar-refractivity contribution in [3.05, 3.63) is 59.9 Å². The van der Waals surface area contributed by atoms with E-state index in [2.05, 4.69) is 42.3 Å². The maximum atomic E-state index is 13.0. The lowest BCUT2D eigenvalue weighted by atomic mass is 9.80. The van der Waals surface area contributed by atoms with Gasteiger partial charge in [0.15, 0.2) is 0 Å². The topological polar surface area (TPSA) is 51.2 Å². The molecule has 2 fully saturated rings. The molecule has 2 heterocycles. The summed E-state index contributed by atoms with van der Waals surface area (Å²) in [6.45, 7) is 4.94. The Balaban J connectivity index is 1.32. The molecule has 2 saturated carbocycles. The van der Waals surface area contributed by atoms with Crippen LogP contribution in [0, 0.1) is 5.92 Å². The highest BCUT2D eigenvalue weighted by atomic mass is 16.5. The molecule has 4 heteroatoms. The smallest absolute Gasteiger partial charge is 0.224 e. The highest BCUT2D eigenvalue weighted by molar-refractivity contribution is 5.85. The highest BCUT2D eigenvalue weighted by Crippen LogP contribution is 2.63. The van der Waals surface area contributed by atoms with Crippen LogP contribution in [0.5, 0.6) is 5.75 Å². The summed E-state index contributed by atoms with van der Waals surface area (Å²) in [6, 6.07) is 14.3. The molecule has 1 aromatic carbocycles. The Morgan fingerprint density at radius 2 is 1.96 bits per heavy atom. The maximum Gasteiger partial charge on any atom is 0.224 e. The highest BCUT2D eigenvalue weighted by Gasteiger charge is 2.64. The minimum absolute atomic E-state index is 0.0429. The van der Waals surface area contributed by atoms with Crippen LogP contribution >= 0.6 is 0 Å². The molecule has 1 aromatic heterocycles. The van der Waals surface area contributed by atoms with Crippen LogP contribution in [-0.4, -0.2) is 23.0 Å². The van der Waals surface area contributed by atoms with Gasteiger partial charge >= 0.3 is 0 Å². The first-order valence-electron chi connectivity index (χ1n) is 9.92. The Hall–Kier alpha value is -2.36. The quantitative estimate of drug-likeness (QED) is 0.901. The monoisotopic (exact) mass is 362 g/mol. The Kier molecular flexibility index (Phi) is 3.46. The molecular weight excluding hydrogens is 336 g/mol. The van der Waals surface area contributed by atoms with Crippen LogP contribution in [0.1, 0.15) is 50.8 Å². The van der Waals surface area contributed by atoms with Crippen molar-refractivity contribution >= 4 is 5.91 Å². The molecular formula is C23H26N2O2. The number of rotatable bonds is 4. The van der Waals surface area contributed by atoms with Crippen molar-refractivity contribution < 1.29 is 9.53 Å². The number of hydrogen-bond acceptors (Lipinski definition) is 3. The molecule has 4 nitrogen and oxygen atoms in total. The zero-order valence-corrected chi connectivity index (χ0v) is 16.0. The first-order chi connectivity index (χ1) is 12.9. The van der Waals surface area contributed by atoms with Gasteiger partial charge in [-0.05, 0) is 57.7 Å². The van der Waals surface area contributed by atoms with E-state index in [1.807, 2.05) is 30.5 Å². The van der Waals surface area contributed by atoms with E-state index in [0.717, 1.165) is 37.1 Å². The van der Waals surface area contributed by atoms with Crippen molar-refractivity contribution in [2.45, 2.75) is 56.0 Å². The number of nitrogens with one attached hydrogen (secondary N) is 1. The van der Waals surface area contributed by atoms with Crippen LogP contribution in [0.4, 0.5) is 0 Å². The van der Waals surface area contributed by atoms with Gasteiger partial charge in [-0.2, -0.15) is 0 Å². The second-order valence-electron chi connectivity index (χ2n) is 9.16. The molecule has 0 unspecified atom stereocenters. The summed E-state index contributed by atoms with van der Waals surface area (Å²) in [5.41, 5.74) is 2.05. The lowest BCUT2D eigenvalue weighted by Crippen LogP contribution is -2.41. The van der Waals surface area contributed by atoms with Gasteiger partial charge in [0, 0.05) is 40.7 Å². The van der Waals surface area contributed by atoms with Gasteiger partial charge < -0.3 is 10.1 Å². The normalized spacial score (nSPS) is 28.7. The van der Waals surface area contributed by atoms with Gasteiger partial charge in [-0.25, -0.2) is 0 Å². The van der Waals surface area contributed by atoms with Gasteiger partial charge in [-0.1, -0.05) is 24.3 Å². The molecule has 2 aromatic rings. The summed E-state index contributed by atoms with van der Waals surface area (Å²) in [4.78, 5) is 17.5. The van der Waals surface area contributed by atoms with E-state index >= 15 is 0 Å². The molecule has 0 radical (unpaired) electrons. The molecule has 27 heavy (non-hydrogen) atoms. The lowest BCUT2D eigenvalue weighted by molar-refractivity contribution is -0.123. The van der Waals surface area contributed by atoms with Gasteiger partial charge in [-0.3, -0.25) is 9.78 Å². The summed E-state index contributed by atoms with van der Waals surface area (Å²) in [5, 5.41) is 3.26. The van der Waals surface area contributed by atoms with Crippen molar-refractivity contribution in [3.8, 4) is 5.75 Å². The van der Waals surface area contributed by atoms with E-state index in [0.29, 0.717) is 6.54 Å². The summed E-state index contributed by atoms with van der Waals surface area (Å²) in [5.74, 6) is 1.17. The van der Waals surface area contributed by atoms with Gasteiger partial charge in [0.05, 0.1) is 0 Å². The van der Waals surface area contributed by atoms with Gasteiger partial charge in [0.2, 0.25) is 5.91 Å². The Bertz CT molecular complexity index is 888. The molecule has 0 saturated heterocycles. The number of aromatic nitrogens is 1. The average Bonchev–Trinajstić information content (AvgIpc) is 3.56. The van der Waals surface area contributed by atoms with Crippen LogP contribution < -0.4 is 10.1 Å². The minimum Gasteiger partial charge on any atom is -0.488 e. The van der Waals surface area contributed by atoms with E-state index in [1.54, 1.807) is 0 Å². The molecule has 2 atom stereocenters. The molecule has 1 aliphatic heterocycles. The number of amides is 1. The SMILES string of the molecule is CC1(C)C[C@@]2(C[C@@H]2C(=O)NCC2(c3ccccn3)CC2)c2ccccc2O1. The van der Waals surface area contributed by atoms with Crippen molar-refractivity contribution in [1.29, 1.82) is 0 Å². The van der Waals surface area contributed by atoms with Crippen LogP contribution in [0.25, 0.3) is 0 Å². The molecule has 5 rings (SSSR count). The molecule has 1 N–H and O–H groups in total. The van der Waals surface area contributed by atoms with Crippen LogP contribution in [0.15, 0.2) is 48.7 Å². The Morgan fingerprint density at radius 3 is 2.70 bits per heavy atom. The zero-order chi connectivity index (χ0) is 18.7. The van der Waals surface area contributed by atoms with Gasteiger partial charge in [-0.15, -0.1) is 0 Å². The molecule has 1 amide bonds. The first kappa shape index (κ1) is 16.8. The number of carbonyl (C=O) groups is 1. The lowest BCUT2D eigenvalue weighted by Gasteiger charge is -2.38. The van der Waals surface area contributed by atoms with E-state index < -0.39 is 0 Å². The minimum atomic E-state index is -0.241. The van der Waals surface area contributed by atoms with Crippen molar-refractivity contribution in [3.63, 3.8) is 0 Å². The van der Waals surface area contributed by atoms with Gasteiger partial charge in [0.1, 0.15) is 11.4 Å². The molecule has 3 aliphatic rings. The first-order valence-corrected chi connectivity index (χ1v) is 9.92. The molecule has 0 bridgehead atoms. The summed E-state index contributed by atoms with van der Waals surface area (Å²) in [6.07, 6.45) is 5.85. The van der Waals surface area contributed by atoms with E-state index in [1.165, 1.54) is 5.56 Å². The molecule has 2 aliphatic carbocycles. The van der Waals surface area contributed by atoms with Crippen molar-refractivity contribution in [2.24, 2.45) is 5.92 Å². The zero-order valence-electron chi connectivity index (χ0n) is 16.0. The fourth-order valence-corrected chi connectivity index (χ4v) is 5.03. The van der Waals surface area contributed by atoms with Crippen molar-refractivity contribution in [2.75, 3.05) is 6.54 Å². The number of para-hydroxylation sites is 1. The van der Waals surface area contributed by atoms with Crippen LogP contribution in [0.2, 0.25) is 0 Å². The third-order valence-corrected chi connectivity index (χ3v) is 6.61.